The molecule has 1 aromatic rings. The van der Waals surface area contributed by atoms with Crippen molar-refractivity contribution in [2.24, 2.45) is 0 Å². The standard InChI is InChI=1S/C13H11F2N3O3/c14-10-6-12(18(20)21)11(15)5-9(10)13(19)17-4-2-1-3-8(17)7-16/h5-6,8H,1-4H2. The first-order valence-corrected chi connectivity index (χ1v) is 6.29. The molecule has 0 N–H and O–H groups in total. The van der Waals surface area contributed by atoms with Crippen LogP contribution in [0.15, 0.2) is 12.1 Å². The first kappa shape index (κ1) is 14.8. The molecule has 0 aliphatic carbocycles. The maximum absolute atomic E-state index is 13.8. The van der Waals surface area contributed by atoms with Crippen LogP contribution in [0.5, 0.6) is 0 Å². The van der Waals surface area contributed by atoms with Crippen molar-refractivity contribution in [3.8, 4) is 6.07 Å². The molecule has 2 rings (SSSR count). The van der Waals surface area contributed by atoms with E-state index in [4.69, 9.17) is 5.26 Å². The summed E-state index contributed by atoms with van der Waals surface area (Å²) in [5, 5.41) is 19.5. The molecule has 1 unspecified atom stereocenters. The Morgan fingerprint density at radius 1 is 1.38 bits per heavy atom. The van der Waals surface area contributed by atoms with Crippen molar-refractivity contribution in [1.82, 2.24) is 4.90 Å². The zero-order chi connectivity index (χ0) is 15.6. The molecule has 1 heterocycles. The highest BCUT2D eigenvalue weighted by atomic mass is 19.1. The van der Waals surface area contributed by atoms with Gasteiger partial charge in [-0.3, -0.25) is 14.9 Å². The molecule has 1 aliphatic rings. The highest BCUT2D eigenvalue weighted by Crippen LogP contribution is 2.25. The van der Waals surface area contributed by atoms with Crippen LogP contribution in [0.1, 0.15) is 29.6 Å². The lowest BCUT2D eigenvalue weighted by Gasteiger charge is -2.31. The fraction of sp³-hybridized carbons (Fsp3) is 0.385. The molecule has 1 aliphatic heterocycles. The second-order valence-corrected chi connectivity index (χ2v) is 4.68. The first-order chi connectivity index (χ1) is 9.95. The Bertz CT molecular complexity index is 642. The second kappa shape index (κ2) is 5.83. The number of nitrogens with zero attached hydrogens (tertiary/aromatic N) is 3. The molecule has 1 atom stereocenters. The summed E-state index contributed by atoms with van der Waals surface area (Å²) in [7, 11) is 0. The molecular weight excluding hydrogens is 284 g/mol. The number of likely N-dealkylation sites (tertiary alicyclic amines) is 1. The van der Waals surface area contributed by atoms with Crippen molar-refractivity contribution in [3.63, 3.8) is 0 Å². The van der Waals surface area contributed by atoms with Crippen molar-refractivity contribution in [2.45, 2.75) is 25.3 Å². The van der Waals surface area contributed by atoms with E-state index in [1.165, 1.54) is 4.90 Å². The van der Waals surface area contributed by atoms with Gasteiger partial charge < -0.3 is 4.90 Å². The predicted molar refractivity (Wildman–Crippen MR) is 67.3 cm³/mol. The van der Waals surface area contributed by atoms with Gasteiger partial charge in [0.25, 0.3) is 5.91 Å². The van der Waals surface area contributed by atoms with E-state index in [0.717, 1.165) is 6.42 Å². The Morgan fingerprint density at radius 3 is 2.71 bits per heavy atom. The lowest BCUT2D eigenvalue weighted by molar-refractivity contribution is -0.387. The van der Waals surface area contributed by atoms with Gasteiger partial charge in [0.2, 0.25) is 5.82 Å². The number of nitriles is 1. The maximum Gasteiger partial charge on any atom is 0.307 e. The average molecular weight is 295 g/mol. The van der Waals surface area contributed by atoms with Crippen molar-refractivity contribution in [2.75, 3.05) is 6.54 Å². The molecule has 0 radical (unpaired) electrons. The van der Waals surface area contributed by atoms with E-state index in [1.54, 1.807) is 0 Å². The fourth-order valence-electron chi connectivity index (χ4n) is 2.30. The molecule has 21 heavy (non-hydrogen) atoms. The number of piperidine rings is 1. The van der Waals surface area contributed by atoms with E-state index in [2.05, 4.69) is 0 Å². The van der Waals surface area contributed by atoms with E-state index in [-0.39, 0.29) is 6.54 Å². The summed E-state index contributed by atoms with van der Waals surface area (Å²) in [4.78, 5) is 22.8. The van der Waals surface area contributed by atoms with Gasteiger partial charge in [0.1, 0.15) is 11.9 Å². The molecule has 0 bridgehead atoms. The third-order valence-corrected chi connectivity index (χ3v) is 3.38. The molecule has 110 valence electrons. The van der Waals surface area contributed by atoms with Crippen molar-refractivity contribution in [3.05, 3.63) is 39.4 Å². The summed E-state index contributed by atoms with van der Waals surface area (Å²) in [6, 6.07) is 2.15. The van der Waals surface area contributed by atoms with Crippen LogP contribution in [0.2, 0.25) is 0 Å². The molecule has 0 spiro atoms. The highest BCUT2D eigenvalue weighted by Gasteiger charge is 2.30. The van der Waals surface area contributed by atoms with Crippen LogP contribution in [0.3, 0.4) is 0 Å². The van der Waals surface area contributed by atoms with Crippen LogP contribution < -0.4 is 0 Å². The molecule has 1 amide bonds. The molecule has 1 aromatic carbocycles. The zero-order valence-corrected chi connectivity index (χ0v) is 10.9. The summed E-state index contributed by atoms with van der Waals surface area (Å²) >= 11 is 0. The Labute approximate surface area is 118 Å². The molecule has 0 saturated carbocycles. The first-order valence-electron chi connectivity index (χ1n) is 6.29. The number of amides is 1. The number of hydrogen-bond acceptors (Lipinski definition) is 4. The number of nitro benzene ring substituents is 1. The van der Waals surface area contributed by atoms with Crippen LogP contribution in [-0.2, 0) is 0 Å². The number of nitro groups is 1. The lowest BCUT2D eigenvalue weighted by atomic mass is 10.0. The lowest BCUT2D eigenvalue weighted by Crippen LogP contribution is -2.43. The molecule has 0 aromatic heterocycles. The van der Waals surface area contributed by atoms with E-state index in [9.17, 15) is 23.7 Å². The number of hydrogen-bond donors (Lipinski definition) is 0. The number of rotatable bonds is 2. The van der Waals surface area contributed by atoms with Gasteiger partial charge in [0, 0.05) is 6.54 Å². The maximum atomic E-state index is 13.8. The van der Waals surface area contributed by atoms with Gasteiger partial charge in [-0.05, 0) is 25.3 Å². The Balaban J connectivity index is 2.37. The summed E-state index contributed by atoms with van der Waals surface area (Å²) in [6.45, 7) is 0.273. The number of benzene rings is 1. The van der Waals surface area contributed by atoms with E-state index < -0.39 is 39.8 Å². The van der Waals surface area contributed by atoms with Crippen LogP contribution >= 0.6 is 0 Å². The Kier molecular flexibility index (Phi) is 4.12. The minimum absolute atomic E-state index is 0.273. The Morgan fingerprint density at radius 2 is 2.10 bits per heavy atom. The number of carbonyl (C=O) groups is 1. The molecule has 1 saturated heterocycles. The van der Waals surface area contributed by atoms with Crippen molar-refractivity contribution < 1.29 is 18.5 Å². The Hall–Kier alpha value is -2.56. The van der Waals surface area contributed by atoms with Gasteiger partial charge in [0.05, 0.1) is 22.6 Å². The minimum Gasteiger partial charge on any atom is -0.323 e. The fourth-order valence-corrected chi connectivity index (χ4v) is 2.30. The average Bonchev–Trinajstić information content (AvgIpc) is 2.48. The third kappa shape index (κ3) is 2.81. The van der Waals surface area contributed by atoms with Crippen molar-refractivity contribution in [1.29, 1.82) is 5.26 Å². The second-order valence-electron chi connectivity index (χ2n) is 4.68. The van der Waals surface area contributed by atoms with Crippen LogP contribution in [-0.4, -0.2) is 28.3 Å². The van der Waals surface area contributed by atoms with Crippen LogP contribution in [0.25, 0.3) is 0 Å². The predicted octanol–water partition coefficient (Wildman–Crippen LogP) is 2.39. The molecule has 6 nitrogen and oxygen atoms in total. The summed E-state index contributed by atoms with van der Waals surface area (Å²) in [5.74, 6) is -3.28. The number of carbonyl (C=O) groups excluding carboxylic acids is 1. The van der Waals surface area contributed by atoms with Gasteiger partial charge in [-0.25, -0.2) is 4.39 Å². The van der Waals surface area contributed by atoms with Crippen molar-refractivity contribution >= 4 is 11.6 Å². The summed E-state index contributed by atoms with van der Waals surface area (Å²) in [5.41, 5.74) is -1.63. The van der Waals surface area contributed by atoms with Gasteiger partial charge in [-0.2, -0.15) is 9.65 Å². The van der Waals surface area contributed by atoms with E-state index >= 15 is 0 Å². The topological polar surface area (TPSA) is 87.2 Å². The third-order valence-electron chi connectivity index (χ3n) is 3.38. The molecular formula is C13H11F2N3O3. The largest absolute Gasteiger partial charge is 0.323 e. The summed E-state index contributed by atoms with van der Waals surface area (Å²) < 4.78 is 27.4. The quantitative estimate of drug-likeness (QED) is 0.619. The molecule has 8 heteroatoms. The summed E-state index contributed by atoms with van der Waals surface area (Å²) in [6.07, 6.45) is 1.92. The number of halogens is 2. The SMILES string of the molecule is N#CC1CCCCN1C(=O)c1cc(F)c([N+](=O)[O-])cc1F. The van der Waals surface area contributed by atoms with Gasteiger partial charge in [-0.15, -0.1) is 0 Å². The van der Waals surface area contributed by atoms with Crippen LogP contribution in [0, 0.1) is 33.1 Å². The zero-order valence-electron chi connectivity index (χ0n) is 10.9. The minimum atomic E-state index is -1.28. The van der Waals surface area contributed by atoms with E-state index in [0.29, 0.717) is 25.0 Å². The highest BCUT2D eigenvalue weighted by molar-refractivity contribution is 5.95. The van der Waals surface area contributed by atoms with Gasteiger partial charge in [-0.1, -0.05) is 0 Å². The van der Waals surface area contributed by atoms with Gasteiger partial charge in [0.15, 0.2) is 0 Å². The normalized spacial score (nSPS) is 18.1. The molecule has 1 fully saturated rings. The van der Waals surface area contributed by atoms with Crippen LogP contribution in [0.4, 0.5) is 14.5 Å². The van der Waals surface area contributed by atoms with E-state index in [1.807, 2.05) is 6.07 Å². The monoisotopic (exact) mass is 295 g/mol. The van der Waals surface area contributed by atoms with Gasteiger partial charge >= 0.3 is 5.69 Å². The smallest absolute Gasteiger partial charge is 0.307 e.